The lowest BCUT2D eigenvalue weighted by molar-refractivity contribution is 0.229. The van der Waals surface area contributed by atoms with Gasteiger partial charge < -0.3 is 10.8 Å². The van der Waals surface area contributed by atoms with Gasteiger partial charge in [0.1, 0.15) is 5.75 Å². The third-order valence-corrected chi connectivity index (χ3v) is 3.04. The molecule has 0 heterocycles. The Morgan fingerprint density at radius 3 is 2.26 bits per heavy atom. The SMILES string of the molecule is CCN(C(=N)N)C(=O)N(C)c1c(Cl)cc(O)cc1Cl. The van der Waals surface area contributed by atoms with E-state index in [1.54, 1.807) is 6.92 Å². The normalized spacial score (nSPS) is 10.1. The van der Waals surface area contributed by atoms with E-state index < -0.39 is 6.03 Å². The molecular weight excluding hydrogens is 291 g/mol. The zero-order chi connectivity index (χ0) is 14.7. The van der Waals surface area contributed by atoms with Gasteiger partial charge in [-0.2, -0.15) is 0 Å². The van der Waals surface area contributed by atoms with Crippen molar-refractivity contribution in [2.75, 3.05) is 18.5 Å². The lowest BCUT2D eigenvalue weighted by Gasteiger charge is -2.27. The van der Waals surface area contributed by atoms with Crippen molar-refractivity contribution in [1.29, 1.82) is 5.41 Å². The molecule has 2 amide bonds. The van der Waals surface area contributed by atoms with Gasteiger partial charge in [-0.3, -0.25) is 15.2 Å². The number of carbonyl (C=O) groups is 1. The molecule has 0 unspecified atom stereocenters. The van der Waals surface area contributed by atoms with Gasteiger partial charge in [-0.05, 0) is 6.92 Å². The molecular formula is C11H14Cl2N4O2. The molecule has 104 valence electrons. The van der Waals surface area contributed by atoms with Gasteiger partial charge >= 0.3 is 6.03 Å². The number of nitrogens with two attached hydrogens (primary N) is 1. The number of phenols is 1. The molecule has 0 bridgehead atoms. The number of aromatic hydroxyl groups is 1. The van der Waals surface area contributed by atoms with Gasteiger partial charge in [0.25, 0.3) is 0 Å². The van der Waals surface area contributed by atoms with Crippen molar-refractivity contribution in [3.05, 3.63) is 22.2 Å². The summed E-state index contributed by atoms with van der Waals surface area (Å²) in [7, 11) is 1.46. The highest BCUT2D eigenvalue weighted by atomic mass is 35.5. The summed E-state index contributed by atoms with van der Waals surface area (Å²) >= 11 is 11.9. The van der Waals surface area contributed by atoms with Crippen molar-refractivity contribution in [3.8, 4) is 5.75 Å². The topological polar surface area (TPSA) is 93.7 Å². The monoisotopic (exact) mass is 304 g/mol. The van der Waals surface area contributed by atoms with Crippen LogP contribution in [0.3, 0.4) is 0 Å². The molecule has 1 rings (SSSR count). The third-order valence-electron chi connectivity index (χ3n) is 2.46. The molecule has 1 aromatic rings. The molecule has 0 saturated carbocycles. The number of anilines is 1. The molecule has 0 atom stereocenters. The lowest BCUT2D eigenvalue weighted by atomic mass is 10.3. The lowest BCUT2D eigenvalue weighted by Crippen LogP contribution is -2.47. The summed E-state index contributed by atoms with van der Waals surface area (Å²) in [6, 6.07) is 2.01. The van der Waals surface area contributed by atoms with Crippen LogP contribution in [0.25, 0.3) is 0 Å². The summed E-state index contributed by atoms with van der Waals surface area (Å²) < 4.78 is 0. The standard InChI is InChI=1S/C11H14Cl2N4O2/c1-3-17(10(14)15)11(19)16(2)9-7(12)4-6(18)5-8(9)13/h4-5,18H,3H2,1-2H3,(H3,14,15). The number of amides is 2. The minimum absolute atomic E-state index is 0.0986. The number of hydrogen-bond donors (Lipinski definition) is 3. The van der Waals surface area contributed by atoms with Crippen molar-refractivity contribution in [3.63, 3.8) is 0 Å². The molecule has 0 aromatic heterocycles. The summed E-state index contributed by atoms with van der Waals surface area (Å²) in [5.41, 5.74) is 5.56. The Labute approximate surface area is 120 Å². The first-order chi connectivity index (χ1) is 8.79. The van der Waals surface area contributed by atoms with Crippen LogP contribution in [0.5, 0.6) is 5.75 Å². The second-order valence-corrected chi connectivity index (χ2v) is 4.54. The highest BCUT2D eigenvalue weighted by Gasteiger charge is 2.23. The second-order valence-electron chi connectivity index (χ2n) is 3.73. The number of urea groups is 1. The van der Waals surface area contributed by atoms with Gasteiger partial charge in [0.2, 0.25) is 0 Å². The maximum atomic E-state index is 12.2. The number of nitrogens with one attached hydrogen (secondary N) is 1. The Balaban J connectivity index is 3.17. The average Bonchev–Trinajstić information content (AvgIpc) is 2.27. The molecule has 0 radical (unpaired) electrons. The number of benzene rings is 1. The van der Waals surface area contributed by atoms with Crippen LogP contribution in [0.1, 0.15) is 6.92 Å². The van der Waals surface area contributed by atoms with Crippen LogP contribution < -0.4 is 10.6 Å². The number of rotatable bonds is 2. The first-order valence-corrected chi connectivity index (χ1v) is 6.12. The zero-order valence-corrected chi connectivity index (χ0v) is 12.0. The summed E-state index contributed by atoms with van der Waals surface area (Å²) in [5, 5.41) is 16.9. The van der Waals surface area contributed by atoms with Crippen LogP contribution in [-0.2, 0) is 0 Å². The number of phenolic OH excluding ortho intramolecular Hbond substituents is 1. The quantitative estimate of drug-likeness (QED) is 0.578. The molecule has 0 fully saturated rings. The van der Waals surface area contributed by atoms with E-state index in [9.17, 15) is 9.90 Å². The Hall–Kier alpha value is -1.66. The fourth-order valence-corrected chi connectivity index (χ4v) is 2.29. The number of hydrogen-bond acceptors (Lipinski definition) is 3. The van der Waals surface area contributed by atoms with E-state index >= 15 is 0 Å². The molecule has 0 aliphatic heterocycles. The van der Waals surface area contributed by atoms with E-state index in [2.05, 4.69) is 0 Å². The van der Waals surface area contributed by atoms with Crippen LogP contribution >= 0.6 is 23.2 Å². The minimum atomic E-state index is -0.538. The summed E-state index contributed by atoms with van der Waals surface area (Å²) in [4.78, 5) is 14.4. The maximum Gasteiger partial charge on any atom is 0.331 e. The van der Waals surface area contributed by atoms with E-state index in [1.165, 1.54) is 24.1 Å². The Morgan fingerprint density at radius 2 is 1.89 bits per heavy atom. The third kappa shape index (κ3) is 3.21. The van der Waals surface area contributed by atoms with Crippen LogP contribution in [0.4, 0.5) is 10.5 Å². The Bertz CT molecular complexity index is 498. The molecule has 0 aliphatic carbocycles. The van der Waals surface area contributed by atoms with E-state index in [1.807, 2.05) is 0 Å². The summed E-state index contributed by atoms with van der Waals surface area (Å²) in [6.45, 7) is 1.93. The first-order valence-electron chi connectivity index (χ1n) is 5.36. The van der Waals surface area contributed by atoms with Gasteiger partial charge in [-0.15, -0.1) is 0 Å². The molecule has 4 N–H and O–H groups in total. The van der Waals surface area contributed by atoms with Crippen molar-refractivity contribution in [2.24, 2.45) is 5.73 Å². The maximum absolute atomic E-state index is 12.2. The molecule has 0 saturated heterocycles. The van der Waals surface area contributed by atoms with Gasteiger partial charge in [0, 0.05) is 25.7 Å². The Morgan fingerprint density at radius 1 is 1.42 bits per heavy atom. The second kappa shape index (κ2) is 5.99. The van der Waals surface area contributed by atoms with Crippen molar-refractivity contribution >= 4 is 40.9 Å². The van der Waals surface area contributed by atoms with E-state index in [-0.39, 0.29) is 34.0 Å². The summed E-state index contributed by atoms with van der Waals surface area (Å²) in [6.07, 6.45) is 0. The molecule has 0 aliphatic rings. The summed E-state index contributed by atoms with van der Waals surface area (Å²) in [5.74, 6) is -0.469. The average molecular weight is 305 g/mol. The van der Waals surface area contributed by atoms with Crippen molar-refractivity contribution < 1.29 is 9.90 Å². The van der Waals surface area contributed by atoms with Gasteiger partial charge in [0.15, 0.2) is 5.96 Å². The molecule has 6 nitrogen and oxygen atoms in total. The smallest absolute Gasteiger partial charge is 0.331 e. The van der Waals surface area contributed by atoms with Gasteiger partial charge in [-0.25, -0.2) is 4.79 Å². The fourth-order valence-electron chi connectivity index (χ4n) is 1.56. The predicted molar refractivity (Wildman–Crippen MR) is 76.2 cm³/mol. The number of halogens is 2. The van der Waals surface area contributed by atoms with E-state index in [0.29, 0.717) is 0 Å². The number of nitrogens with zero attached hydrogens (tertiary/aromatic N) is 2. The highest BCUT2D eigenvalue weighted by molar-refractivity contribution is 6.40. The fraction of sp³-hybridized carbons (Fsp3) is 0.273. The molecule has 19 heavy (non-hydrogen) atoms. The van der Waals surface area contributed by atoms with E-state index in [4.69, 9.17) is 34.3 Å². The van der Waals surface area contributed by atoms with Crippen molar-refractivity contribution in [1.82, 2.24) is 4.90 Å². The molecule has 1 aromatic carbocycles. The Kier molecular flexibility index (Phi) is 4.85. The zero-order valence-electron chi connectivity index (χ0n) is 10.4. The van der Waals surface area contributed by atoms with E-state index in [0.717, 1.165) is 4.90 Å². The minimum Gasteiger partial charge on any atom is -0.508 e. The van der Waals surface area contributed by atoms with Crippen LogP contribution in [-0.4, -0.2) is 35.6 Å². The van der Waals surface area contributed by atoms with Crippen LogP contribution in [0.2, 0.25) is 10.0 Å². The van der Waals surface area contributed by atoms with Crippen LogP contribution in [0, 0.1) is 5.41 Å². The first kappa shape index (κ1) is 15.4. The van der Waals surface area contributed by atoms with Gasteiger partial charge in [-0.1, -0.05) is 23.2 Å². The number of guanidine groups is 1. The largest absolute Gasteiger partial charge is 0.508 e. The molecule has 0 spiro atoms. The molecule has 8 heteroatoms. The van der Waals surface area contributed by atoms with Gasteiger partial charge in [0.05, 0.1) is 15.7 Å². The highest BCUT2D eigenvalue weighted by Crippen LogP contribution is 2.36. The predicted octanol–water partition coefficient (Wildman–Crippen LogP) is 2.47. The van der Waals surface area contributed by atoms with Crippen LogP contribution in [0.15, 0.2) is 12.1 Å². The van der Waals surface area contributed by atoms with Crippen molar-refractivity contribution in [2.45, 2.75) is 6.92 Å². The number of carbonyl (C=O) groups excluding carboxylic acids is 1.